The van der Waals surface area contributed by atoms with Crippen molar-refractivity contribution in [2.24, 2.45) is 0 Å². The lowest BCUT2D eigenvalue weighted by Gasteiger charge is -2.08. The van der Waals surface area contributed by atoms with Crippen LogP contribution in [-0.4, -0.2) is 39.9 Å². The van der Waals surface area contributed by atoms with Crippen molar-refractivity contribution in [1.29, 1.82) is 0 Å². The van der Waals surface area contributed by atoms with E-state index in [0.29, 0.717) is 29.9 Å². The second kappa shape index (κ2) is 7.69. The van der Waals surface area contributed by atoms with Crippen molar-refractivity contribution in [2.75, 3.05) is 13.1 Å². The van der Waals surface area contributed by atoms with Gasteiger partial charge in [0.05, 0.1) is 22.4 Å². The van der Waals surface area contributed by atoms with Gasteiger partial charge in [0.1, 0.15) is 5.69 Å². The first-order valence-electron chi connectivity index (χ1n) is 8.27. The zero-order valence-electron chi connectivity index (χ0n) is 14.6. The van der Waals surface area contributed by atoms with Gasteiger partial charge in [-0.2, -0.15) is 0 Å². The highest BCUT2D eigenvalue weighted by Gasteiger charge is 2.09. The Kier molecular flexibility index (Phi) is 5.17. The molecule has 2 amide bonds. The monoisotopic (exact) mass is 349 g/mol. The Labute approximate surface area is 150 Å². The minimum Gasteiger partial charge on any atom is -0.350 e. The predicted octanol–water partition coefficient (Wildman–Crippen LogP) is 1.80. The summed E-state index contributed by atoms with van der Waals surface area (Å²) in [5.41, 5.74) is 4.01. The molecule has 1 aromatic carbocycles. The minimum absolute atomic E-state index is 0.223. The number of carbonyl (C=O) groups excluding carboxylic acids is 2. The van der Waals surface area contributed by atoms with Crippen molar-refractivity contribution in [1.82, 2.24) is 25.6 Å². The summed E-state index contributed by atoms with van der Waals surface area (Å²) in [6, 6.07) is 10.3. The van der Waals surface area contributed by atoms with E-state index >= 15 is 0 Å². The van der Waals surface area contributed by atoms with E-state index in [-0.39, 0.29) is 11.8 Å². The molecule has 0 spiro atoms. The Morgan fingerprint density at radius 1 is 0.885 bits per heavy atom. The van der Waals surface area contributed by atoms with Crippen LogP contribution in [0.1, 0.15) is 32.2 Å². The number of nitrogens with one attached hydrogen (secondary N) is 2. The molecular weight excluding hydrogens is 330 g/mol. The maximum Gasteiger partial charge on any atom is 0.269 e. The number of rotatable bonds is 5. The molecule has 7 nitrogen and oxygen atoms in total. The number of carbonyl (C=O) groups is 2. The third-order valence-electron chi connectivity index (χ3n) is 3.93. The molecule has 0 saturated carbocycles. The van der Waals surface area contributed by atoms with Gasteiger partial charge in [-0.3, -0.25) is 14.6 Å². The number of aryl methyl sites for hydroxylation is 2. The van der Waals surface area contributed by atoms with Gasteiger partial charge in [0, 0.05) is 24.8 Å². The second-order valence-electron chi connectivity index (χ2n) is 5.82. The van der Waals surface area contributed by atoms with E-state index in [1.807, 2.05) is 13.8 Å². The summed E-state index contributed by atoms with van der Waals surface area (Å²) < 4.78 is 0. The fraction of sp³-hybridized carbons (Fsp3) is 0.211. The lowest BCUT2D eigenvalue weighted by atomic mass is 10.1. The first-order chi connectivity index (χ1) is 12.5. The van der Waals surface area contributed by atoms with Crippen LogP contribution in [0.2, 0.25) is 0 Å². The summed E-state index contributed by atoms with van der Waals surface area (Å²) in [5, 5.41) is 5.48. The quantitative estimate of drug-likeness (QED) is 0.685. The van der Waals surface area contributed by atoms with Crippen molar-refractivity contribution in [3.05, 3.63) is 65.2 Å². The molecule has 0 aliphatic heterocycles. The number of benzene rings is 1. The third kappa shape index (κ3) is 4.00. The summed E-state index contributed by atoms with van der Waals surface area (Å²) in [4.78, 5) is 37.0. The number of nitrogens with zero attached hydrogens (tertiary/aromatic N) is 3. The summed E-state index contributed by atoms with van der Waals surface area (Å²) in [6.07, 6.45) is 1.56. The maximum absolute atomic E-state index is 12.3. The Balaban J connectivity index is 1.56. The molecule has 0 aliphatic rings. The predicted molar refractivity (Wildman–Crippen MR) is 97.9 cm³/mol. The molecule has 0 bridgehead atoms. The van der Waals surface area contributed by atoms with Gasteiger partial charge in [0.2, 0.25) is 0 Å². The van der Waals surface area contributed by atoms with E-state index in [4.69, 9.17) is 0 Å². The molecule has 7 heteroatoms. The SMILES string of the molecule is Cc1nc2ccc(C(=O)NCCNC(=O)c3ccccn3)cc2nc1C. The fourth-order valence-corrected chi connectivity index (χ4v) is 2.41. The van der Waals surface area contributed by atoms with E-state index in [2.05, 4.69) is 25.6 Å². The molecule has 2 heterocycles. The lowest BCUT2D eigenvalue weighted by Crippen LogP contribution is -2.35. The number of hydrogen-bond acceptors (Lipinski definition) is 5. The first-order valence-corrected chi connectivity index (χ1v) is 8.27. The highest BCUT2D eigenvalue weighted by molar-refractivity contribution is 5.97. The number of aromatic nitrogens is 3. The normalized spacial score (nSPS) is 10.5. The molecule has 0 atom stereocenters. The summed E-state index contributed by atoms with van der Waals surface area (Å²) in [7, 11) is 0. The third-order valence-corrected chi connectivity index (χ3v) is 3.93. The van der Waals surface area contributed by atoms with Gasteiger partial charge < -0.3 is 10.6 Å². The van der Waals surface area contributed by atoms with Crippen LogP contribution >= 0.6 is 0 Å². The topological polar surface area (TPSA) is 96.9 Å². The largest absolute Gasteiger partial charge is 0.350 e. The average molecular weight is 349 g/mol. The highest BCUT2D eigenvalue weighted by Crippen LogP contribution is 2.14. The van der Waals surface area contributed by atoms with Crippen molar-refractivity contribution in [3.63, 3.8) is 0 Å². The molecule has 132 valence electrons. The molecule has 0 unspecified atom stereocenters. The van der Waals surface area contributed by atoms with Gasteiger partial charge >= 0.3 is 0 Å². The van der Waals surface area contributed by atoms with E-state index in [1.54, 1.807) is 42.6 Å². The Morgan fingerprint density at radius 3 is 2.27 bits per heavy atom. The molecule has 0 aliphatic carbocycles. The number of pyridine rings is 1. The summed E-state index contributed by atoms with van der Waals surface area (Å²) in [5.74, 6) is -0.495. The van der Waals surface area contributed by atoms with Gasteiger partial charge in [-0.05, 0) is 44.2 Å². The van der Waals surface area contributed by atoms with E-state index in [1.165, 1.54) is 0 Å². The molecule has 3 aromatic rings. The van der Waals surface area contributed by atoms with Crippen molar-refractivity contribution in [3.8, 4) is 0 Å². The second-order valence-corrected chi connectivity index (χ2v) is 5.82. The Hall–Kier alpha value is -3.35. The van der Waals surface area contributed by atoms with Crippen LogP contribution in [-0.2, 0) is 0 Å². The summed E-state index contributed by atoms with van der Waals surface area (Å²) >= 11 is 0. The Morgan fingerprint density at radius 2 is 1.58 bits per heavy atom. The highest BCUT2D eigenvalue weighted by atomic mass is 16.2. The van der Waals surface area contributed by atoms with Crippen LogP contribution in [0.25, 0.3) is 11.0 Å². The smallest absolute Gasteiger partial charge is 0.269 e. The fourth-order valence-electron chi connectivity index (χ4n) is 2.41. The van der Waals surface area contributed by atoms with Gasteiger partial charge in [-0.25, -0.2) is 9.97 Å². The minimum atomic E-state index is -0.272. The van der Waals surface area contributed by atoms with E-state index in [9.17, 15) is 9.59 Å². The molecule has 0 saturated heterocycles. The van der Waals surface area contributed by atoms with E-state index in [0.717, 1.165) is 16.9 Å². The molecule has 0 radical (unpaired) electrons. The molecule has 26 heavy (non-hydrogen) atoms. The molecule has 2 N–H and O–H groups in total. The molecule has 3 rings (SSSR count). The zero-order valence-corrected chi connectivity index (χ0v) is 14.6. The number of fused-ring (bicyclic) bond motifs is 1. The molecule has 0 fully saturated rings. The van der Waals surface area contributed by atoms with Crippen LogP contribution in [0.5, 0.6) is 0 Å². The van der Waals surface area contributed by atoms with Crippen LogP contribution in [0.3, 0.4) is 0 Å². The first kappa shape index (κ1) is 17.5. The van der Waals surface area contributed by atoms with Crippen LogP contribution < -0.4 is 10.6 Å². The maximum atomic E-state index is 12.3. The van der Waals surface area contributed by atoms with Crippen LogP contribution in [0.4, 0.5) is 0 Å². The number of hydrogen-bond donors (Lipinski definition) is 2. The van der Waals surface area contributed by atoms with Crippen molar-refractivity contribution in [2.45, 2.75) is 13.8 Å². The van der Waals surface area contributed by atoms with Crippen molar-refractivity contribution >= 4 is 22.8 Å². The standard InChI is InChI=1S/C19H19N5O2/c1-12-13(2)24-17-11-14(6-7-15(17)23-12)18(25)21-9-10-22-19(26)16-5-3-4-8-20-16/h3-8,11H,9-10H2,1-2H3,(H,21,25)(H,22,26). The average Bonchev–Trinajstić information content (AvgIpc) is 2.66. The zero-order chi connectivity index (χ0) is 18.5. The van der Waals surface area contributed by atoms with E-state index < -0.39 is 0 Å². The molecular formula is C19H19N5O2. The Bertz CT molecular complexity index is 957. The summed E-state index contributed by atoms with van der Waals surface area (Å²) in [6.45, 7) is 4.42. The van der Waals surface area contributed by atoms with Gasteiger partial charge in [-0.1, -0.05) is 6.07 Å². The van der Waals surface area contributed by atoms with Crippen LogP contribution in [0, 0.1) is 13.8 Å². The number of amides is 2. The van der Waals surface area contributed by atoms with Gasteiger partial charge in [-0.15, -0.1) is 0 Å². The van der Waals surface area contributed by atoms with Crippen LogP contribution in [0.15, 0.2) is 42.6 Å². The van der Waals surface area contributed by atoms with Gasteiger partial charge in [0.25, 0.3) is 11.8 Å². The molecule has 2 aromatic heterocycles. The van der Waals surface area contributed by atoms with Gasteiger partial charge in [0.15, 0.2) is 0 Å². The van der Waals surface area contributed by atoms with Crippen molar-refractivity contribution < 1.29 is 9.59 Å². The lowest BCUT2D eigenvalue weighted by molar-refractivity contribution is 0.0925.